The van der Waals surface area contributed by atoms with Crippen LogP contribution in [0.15, 0.2) is 4.79 Å². The average molecular weight is 320 g/mol. The predicted octanol–water partition coefficient (Wildman–Crippen LogP) is 1.18. The van der Waals surface area contributed by atoms with Gasteiger partial charge >= 0.3 is 0 Å². The molecule has 23 heavy (non-hydrogen) atoms. The Labute approximate surface area is 138 Å². The van der Waals surface area contributed by atoms with Crippen molar-refractivity contribution >= 4 is 5.95 Å². The van der Waals surface area contributed by atoms with E-state index in [1.165, 1.54) is 19.3 Å². The maximum atomic E-state index is 12.8. The van der Waals surface area contributed by atoms with E-state index in [1.54, 1.807) is 0 Å². The highest BCUT2D eigenvalue weighted by Gasteiger charge is 2.20. The molecule has 0 unspecified atom stereocenters. The van der Waals surface area contributed by atoms with E-state index >= 15 is 0 Å². The first-order valence-corrected chi connectivity index (χ1v) is 8.80. The Morgan fingerprint density at radius 3 is 2.39 bits per heavy atom. The van der Waals surface area contributed by atoms with Gasteiger partial charge in [-0.1, -0.05) is 0 Å². The summed E-state index contributed by atoms with van der Waals surface area (Å²) >= 11 is 0. The number of ether oxygens (including phenoxy) is 1. The highest BCUT2D eigenvalue weighted by atomic mass is 16.5. The molecule has 6 heteroatoms. The fourth-order valence-corrected chi connectivity index (χ4v) is 3.35. The molecule has 0 bridgehead atoms. The molecule has 0 spiro atoms. The summed E-state index contributed by atoms with van der Waals surface area (Å²) in [6.45, 7) is 10.9. The fourth-order valence-electron chi connectivity index (χ4n) is 3.35. The van der Waals surface area contributed by atoms with Crippen molar-refractivity contribution in [3.8, 4) is 0 Å². The lowest BCUT2D eigenvalue weighted by molar-refractivity contribution is 0.0363. The van der Waals surface area contributed by atoms with Gasteiger partial charge in [-0.05, 0) is 33.1 Å². The third-order valence-electron chi connectivity index (χ3n) is 5.00. The molecule has 0 N–H and O–H groups in total. The minimum absolute atomic E-state index is 0.117. The lowest BCUT2D eigenvalue weighted by atomic mass is 10.1. The van der Waals surface area contributed by atoms with E-state index in [1.807, 2.05) is 18.4 Å². The van der Waals surface area contributed by atoms with Crippen LogP contribution in [0.5, 0.6) is 0 Å². The number of anilines is 1. The molecule has 2 aliphatic rings. The molecule has 128 valence electrons. The van der Waals surface area contributed by atoms with Crippen molar-refractivity contribution < 1.29 is 4.74 Å². The Kier molecular flexibility index (Phi) is 5.33. The van der Waals surface area contributed by atoms with Crippen molar-refractivity contribution in [3.63, 3.8) is 0 Å². The monoisotopic (exact) mass is 320 g/mol. The van der Waals surface area contributed by atoms with Gasteiger partial charge in [-0.3, -0.25) is 14.3 Å². The van der Waals surface area contributed by atoms with Crippen LogP contribution in [0.4, 0.5) is 5.95 Å². The van der Waals surface area contributed by atoms with Crippen molar-refractivity contribution in [3.05, 3.63) is 21.6 Å². The quantitative estimate of drug-likeness (QED) is 0.834. The summed E-state index contributed by atoms with van der Waals surface area (Å²) in [5.41, 5.74) is 1.75. The van der Waals surface area contributed by atoms with Crippen molar-refractivity contribution in [2.75, 3.05) is 50.8 Å². The standard InChI is InChI=1S/C17H28N4O2/c1-14-15(2)18-17(20-6-4-3-5-7-20)21(16(14)22)9-8-19-10-12-23-13-11-19/h3-13H2,1-2H3. The Bertz CT molecular complexity index is 587. The maximum Gasteiger partial charge on any atom is 0.258 e. The molecule has 1 aromatic heterocycles. The molecule has 3 heterocycles. The number of hydrogen-bond donors (Lipinski definition) is 0. The molecule has 6 nitrogen and oxygen atoms in total. The first-order valence-electron chi connectivity index (χ1n) is 8.80. The molecule has 0 aromatic carbocycles. The van der Waals surface area contributed by atoms with E-state index in [0.717, 1.165) is 63.1 Å². The van der Waals surface area contributed by atoms with E-state index in [4.69, 9.17) is 9.72 Å². The summed E-state index contributed by atoms with van der Waals surface area (Å²) in [6, 6.07) is 0. The highest BCUT2D eigenvalue weighted by Crippen LogP contribution is 2.18. The lowest BCUT2D eigenvalue weighted by Crippen LogP contribution is -2.42. The zero-order valence-electron chi connectivity index (χ0n) is 14.4. The van der Waals surface area contributed by atoms with Crippen LogP contribution in [0.1, 0.15) is 30.5 Å². The third-order valence-corrected chi connectivity index (χ3v) is 5.00. The SMILES string of the molecule is Cc1nc(N2CCCCC2)n(CCN2CCOCC2)c(=O)c1C. The summed E-state index contributed by atoms with van der Waals surface area (Å²) in [5, 5.41) is 0. The van der Waals surface area contributed by atoms with E-state index in [2.05, 4.69) is 9.80 Å². The van der Waals surface area contributed by atoms with Crippen molar-refractivity contribution in [2.24, 2.45) is 0 Å². The summed E-state index contributed by atoms with van der Waals surface area (Å²) < 4.78 is 7.29. The molecule has 0 aliphatic carbocycles. The zero-order chi connectivity index (χ0) is 16.2. The van der Waals surface area contributed by atoms with E-state index in [-0.39, 0.29) is 5.56 Å². The Hall–Kier alpha value is -1.40. The van der Waals surface area contributed by atoms with Gasteiger partial charge in [0.05, 0.1) is 13.2 Å². The van der Waals surface area contributed by atoms with Crippen LogP contribution < -0.4 is 10.5 Å². The Morgan fingerprint density at radius 1 is 1.00 bits per heavy atom. The predicted molar refractivity (Wildman–Crippen MR) is 91.3 cm³/mol. The topological polar surface area (TPSA) is 50.6 Å². The smallest absolute Gasteiger partial charge is 0.258 e. The maximum absolute atomic E-state index is 12.8. The number of aryl methyl sites for hydroxylation is 1. The van der Waals surface area contributed by atoms with E-state index in [0.29, 0.717) is 6.54 Å². The summed E-state index contributed by atoms with van der Waals surface area (Å²) in [4.78, 5) is 22.2. The molecule has 3 rings (SSSR count). The molecule has 0 atom stereocenters. The van der Waals surface area contributed by atoms with Crippen molar-refractivity contribution in [2.45, 2.75) is 39.7 Å². The second kappa shape index (κ2) is 7.45. The van der Waals surface area contributed by atoms with Crippen LogP contribution in [-0.2, 0) is 11.3 Å². The number of rotatable bonds is 4. The molecule has 1 aromatic rings. The van der Waals surface area contributed by atoms with Gasteiger partial charge in [0.1, 0.15) is 0 Å². The van der Waals surface area contributed by atoms with Gasteiger partial charge in [0.15, 0.2) is 0 Å². The van der Waals surface area contributed by atoms with Crippen molar-refractivity contribution in [1.29, 1.82) is 0 Å². The van der Waals surface area contributed by atoms with Gasteiger partial charge in [0, 0.05) is 50.5 Å². The van der Waals surface area contributed by atoms with Gasteiger partial charge in [-0.2, -0.15) is 0 Å². The first kappa shape index (κ1) is 16.5. The Balaban J connectivity index is 1.83. The fraction of sp³-hybridized carbons (Fsp3) is 0.765. The summed E-state index contributed by atoms with van der Waals surface area (Å²) in [5.74, 6) is 0.867. The third kappa shape index (κ3) is 3.75. The van der Waals surface area contributed by atoms with Crippen LogP contribution in [0.3, 0.4) is 0 Å². The van der Waals surface area contributed by atoms with Gasteiger partial charge in [-0.25, -0.2) is 4.98 Å². The molecular weight excluding hydrogens is 292 g/mol. The molecule has 2 fully saturated rings. The molecular formula is C17H28N4O2. The van der Waals surface area contributed by atoms with Crippen LogP contribution in [0.2, 0.25) is 0 Å². The normalized spacial score (nSPS) is 20.0. The summed E-state index contributed by atoms with van der Waals surface area (Å²) in [7, 11) is 0. The Morgan fingerprint density at radius 2 is 1.70 bits per heavy atom. The highest BCUT2D eigenvalue weighted by molar-refractivity contribution is 5.35. The van der Waals surface area contributed by atoms with Gasteiger partial charge in [-0.15, -0.1) is 0 Å². The zero-order valence-corrected chi connectivity index (χ0v) is 14.4. The number of nitrogens with zero attached hydrogens (tertiary/aromatic N) is 4. The number of hydrogen-bond acceptors (Lipinski definition) is 5. The molecule has 0 amide bonds. The minimum Gasteiger partial charge on any atom is -0.379 e. The number of piperidine rings is 1. The average Bonchev–Trinajstić information content (AvgIpc) is 2.60. The molecule has 0 radical (unpaired) electrons. The van der Waals surface area contributed by atoms with Gasteiger partial charge in [0.2, 0.25) is 5.95 Å². The summed E-state index contributed by atoms with van der Waals surface area (Å²) in [6.07, 6.45) is 3.65. The van der Waals surface area contributed by atoms with Crippen LogP contribution in [0.25, 0.3) is 0 Å². The largest absolute Gasteiger partial charge is 0.379 e. The molecule has 2 aliphatic heterocycles. The second-order valence-corrected chi connectivity index (χ2v) is 6.58. The van der Waals surface area contributed by atoms with E-state index in [9.17, 15) is 4.79 Å². The van der Waals surface area contributed by atoms with E-state index < -0.39 is 0 Å². The van der Waals surface area contributed by atoms with Crippen LogP contribution in [0, 0.1) is 13.8 Å². The molecule has 0 saturated carbocycles. The second-order valence-electron chi connectivity index (χ2n) is 6.58. The first-order chi connectivity index (χ1) is 11.2. The number of morpholine rings is 1. The van der Waals surface area contributed by atoms with Crippen molar-refractivity contribution in [1.82, 2.24) is 14.5 Å². The number of aromatic nitrogens is 2. The van der Waals surface area contributed by atoms with Gasteiger partial charge < -0.3 is 9.64 Å². The molecule has 2 saturated heterocycles. The van der Waals surface area contributed by atoms with Crippen LogP contribution in [-0.4, -0.2) is 60.4 Å². The lowest BCUT2D eigenvalue weighted by Gasteiger charge is -2.31. The minimum atomic E-state index is 0.117. The van der Waals surface area contributed by atoms with Gasteiger partial charge in [0.25, 0.3) is 5.56 Å². The van der Waals surface area contributed by atoms with Crippen LogP contribution >= 0.6 is 0 Å².